The molecule has 0 spiro atoms. The molecule has 0 radical (unpaired) electrons. The highest BCUT2D eigenvalue weighted by Crippen LogP contribution is 1.77. The van der Waals surface area contributed by atoms with Crippen LogP contribution in [-0.4, -0.2) is 44.7 Å². The van der Waals surface area contributed by atoms with Gasteiger partial charge in [0.05, 0.1) is 13.2 Å². The zero-order valence-corrected chi connectivity index (χ0v) is 6.50. The predicted molar refractivity (Wildman–Crippen MR) is 38.3 cm³/mol. The molecule has 0 atom stereocenters. The summed E-state index contributed by atoms with van der Waals surface area (Å²) in [5, 5.41) is 10.6. The van der Waals surface area contributed by atoms with Crippen LogP contribution in [-0.2, 0) is 9.47 Å². The maximum Gasteiger partial charge on any atom is 0.407 e. The molecule has 0 aromatic rings. The number of carbonyl (C=O) groups excluding carboxylic acids is 1. The van der Waals surface area contributed by atoms with E-state index in [0.29, 0.717) is 6.61 Å². The third-order valence-electron chi connectivity index (χ3n) is 0.902. The minimum absolute atomic E-state index is 0.0840. The van der Waals surface area contributed by atoms with Crippen molar-refractivity contribution >= 4 is 6.09 Å². The highest BCUT2D eigenvalue weighted by molar-refractivity contribution is 5.66. The van der Waals surface area contributed by atoms with Crippen molar-refractivity contribution in [2.24, 2.45) is 0 Å². The lowest BCUT2D eigenvalue weighted by atomic mass is 10.7. The molecule has 0 fully saturated rings. The quantitative estimate of drug-likeness (QED) is 0.528. The van der Waals surface area contributed by atoms with Crippen molar-refractivity contribution in [2.75, 3.05) is 33.5 Å². The molecule has 2 N–H and O–H groups in total. The SMILES string of the molecule is COCCOC(=O)NCCO. The van der Waals surface area contributed by atoms with Crippen molar-refractivity contribution in [1.29, 1.82) is 0 Å². The lowest BCUT2D eigenvalue weighted by Crippen LogP contribution is -2.28. The molecule has 1 amide bonds. The second-order valence-electron chi connectivity index (χ2n) is 1.78. The maximum absolute atomic E-state index is 10.6. The number of ether oxygens (including phenoxy) is 2. The first-order valence-corrected chi connectivity index (χ1v) is 3.31. The van der Waals surface area contributed by atoms with E-state index in [1.807, 2.05) is 0 Å². The molecule has 0 saturated carbocycles. The Morgan fingerprint density at radius 1 is 1.55 bits per heavy atom. The fourth-order valence-corrected chi connectivity index (χ4v) is 0.427. The summed E-state index contributed by atoms with van der Waals surface area (Å²) in [6.45, 7) is 0.742. The van der Waals surface area contributed by atoms with Crippen LogP contribution in [0, 0.1) is 0 Å². The van der Waals surface area contributed by atoms with Crippen molar-refractivity contribution in [3.8, 4) is 0 Å². The molecule has 0 aliphatic heterocycles. The topological polar surface area (TPSA) is 67.8 Å². The summed E-state index contributed by atoms with van der Waals surface area (Å²) in [6, 6.07) is 0. The highest BCUT2D eigenvalue weighted by Gasteiger charge is 1.97. The molecular weight excluding hydrogens is 150 g/mol. The Kier molecular flexibility index (Phi) is 6.76. The number of aliphatic hydroxyl groups is 1. The molecule has 0 rings (SSSR count). The summed E-state index contributed by atoms with van der Waals surface area (Å²) in [5.74, 6) is 0. The van der Waals surface area contributed by atoms with Gasteiger partial charge in [-0.25, -0.2) is 4.79 Å². The van der Waals surface area contributed by atoms with Gasteiger partial charge in [-0.3, -0.25) is 0 Å². The van der Waals surface area contributed by atoms with E-state index in [-0.39, 0.29) is 19.8 Å². The molecule has 0 aliphatic carbocycles. The number of amides is 1. The molecule has 0 heterocycles. The summed E-state index contributed by atoms with van der Waals surface area (Å²) in [5.41, 5.74) is 0. The van der Waals surface area contributed by atoms with Crippen LogP contribution in [0.15, 0.2) is 0 Å². The van der Waals surface area contributed by atoms with Crippen molar-refractivity contribution in [3.05, 3.63) is 0 Å². The van der Waals surface area contributed by atoms with Gasteiger partial charge in [0.2, 0.25) is 0 Å². The first kappa shape index (κ1) is 10.2. The molecule has 66 valence electrons. The lowest BCUT2D eigenvalue weighted by molar-refractivity contribution is 0.0975. The van der Waals surface area contributed by atoms with E-state index in [9.17, 15) is 4.79 Å². The van der Waals surface area contributed by atoms with E-state index in [1.54, 1.807) is 0 Å². The number of methoxy groups -OCH3 is 1. The lowest BCUT2D eigenvalue weighted by Gasteiger charge is -2.03. The molecular formula is C6H13NO4. The third-order valence-corrected chi connectivity index (χ3v) is 0.902. The smallest absolute Gasteiger partial charge is 0.407 e. The number of alkyl carbamates (subject to hydrolysis) is 1. The number of hydrogen-bond donors (Lipinski definition) is 2. The molecule has 0 saturated heterocycles. The maximum atomic E-state index is 10.6. The minimum atomic E-state index is -0.531. The van der Waals surface area contributed by atoms with E-state index in [2.05, 4.69) is 14.8 Å². The first-order chi connectivity index (χ1) is 5.31. The van der Waals surface area contributed by atoms with Gasteiger partial charge in [0, 0.05) is 13.7 Å². The minimum Gasteiger partial charge on any atom is -0.447 e. The molecule has 5 nitrogen and oxygen atoms in total. The fourth-order valence-electron chi connectivity index (χ4n) is 0.427. The molecule has 0 unspecified atom stereocenters. The Morgan fingerprint density at radius 2 is 2.27 bits per heavy atom. The van der Waals surface area contributed by atoms with Crippen molar-refractivity contribution in [2.45, 2.75) is 0 Å². The summed E-state index contributed by atoms with van der Waals surface area (Å²) >= 11 is 0. The second-order valence-corrected chi connectivity index (χ2v) is 1.78. The van der Waals surface area contributed by atoms with Crippen molar-refractivity contribution < 1.29 is 19.4 Å². The summed E-state index contributed by atoms with van der Waals surface area (Å²) in [7, 11) is 1.52. The molecule has 0 aromatic heterocycles. The standard InChI is InChI=1S/C6H13NO4/c1-10-4-5-11-6(9)7-2-3-8/h8H,2-5H2,1H3,(H,7,9). The van der Waals surface area contributed by atoms with Gasteiger partial charge in [-0.15, -0.1) is 0 Å². The summed E-state index contributed by atoms with van der Waals surface area (Å²) in [4.78, 5) is 10.6. The summed E-state index contributed by atoms with van der Waals surface area (Å²) < 4.78 is 9.24. The largest absolute Gasteiger partial charge is 0.447 e. The summed E-state index contributed by atoms with van der Waals surface area (Å²) in [6.07, 6.45) is -0.531. The van der Waals surface area contributed by atoms with Crippen LogP contribution in [0.3, 0.4) is 0 Å². The van der Waals surface area contributed by atoms with Gasteiger partial charge >= 0.3 is 6.09 Å². The normalized spacial score (nSPS) is 9.27. The molecule has 11 heavy (non-hydrogen) atoms. The van der Waals surface area contributed by atoms with Gasteiger partial charge in [0.25, 0.3) is 0 Å². The zero-order valence-electron chi connectivity index (χ0n) is 6.50. The van der Waals surface area contributed by atoms with E-state index in [4.69, 9.17) is 5.11 Å². The van der Waals surface area contributed by atoms with Gasteiger partial charge in [-0.2, -0.15) is 0 Å². The predicted octanol–water partition coefficient (Wildman–Crippen LogP) is -0.649. The van der Waals surface area contributed by atoms with E-state index < -0.39 is 6.09 Å². The average molecular weight is 163 g/mol. The van der Waals surface area contributed by atoms with Gasteiger partial charge < -0.3 is 19.9 Å². The zero-order chi connectivity index (χ0) is 8.53. The molecule has 5 heteroatoms. The van der Waals surface area contributed by atoms with E-state index >= 15 is 0 Å². The van der Waals surface area contributed by atoms with E-state index in [0.717, 1.165) is 0 Å². The van der Waals surface area contributed by atoms with Gasteiger partial charge in [-0.05, 0) is 0 Å². The van der Waals surface area contributed by atoms with Crippen LogP contribution in [0.5, 0.6) is 0 Å². The van der Waals surface area contributed by atoms with Crippen LogP contribution in [0.1, 0.15) is 0 Å². The van der Waals surface area contributed by atoms with Gasteiger partial charge in [-0.1, -0.05) is 0 Å². The van der Waals surface area contributed by atoms with Crippen molar-refractivity contribution in [3.63, 3.8) is 0 Å². The number of aliphatic hydroxyl groups excluding tert-OH is 1. The number of nitrogens with one attached hydrogen (secondary N) is 1. The molecule has 0 bridgehead atoms. The van der Waals surface area contributed by atoms with Gasteiger partial charge in [0.1, 0.15) is 6.61 Å². The Bertz CT molecular complexity index is 107. The Labute approximate surface area is 65.3 Å². The first-order valence-electron chi connectivity index (χ1n) is 3.31. The Balaban J connectivity index is 3.09. The fraction of sp³-hybridized carbons (Fsp3) is 0.833. The van der Waals surface area contributed by atoms with Crippen LogP contribution in [0.4, 0.5) is 4.79 Å². The molecule has 0 aromatic carbocycles. The second kappa shape index (κ2) is 7.30. The monoisotopic (exact) mass is 163 g/mol. The Hall–Kier alpha value is -0.810. The van der Waals surface area contributed by atoms with Crippen molar-refractivity contribution in [1.82, 2.24) is 5.32 Å². The Morgan fingerprint density at radius 3 is 2.82 bits per heavy atom. The molecule has 0 aliphatic rings. The van der Waals surface area contributed by atoms with E-state index in [1.165, 1.54) is 7.11 Å². The van der Waals surface area contributed by atoms with Crippen LogP contribution in [0.2, 0.25) is 0 Å². The van der Waals surface area contributed by atoms with Crippen LogP contribution >= 0.6 is 0 Å². The van der Waals surface area contributed by atoms with Crippen LogP contribution in [0.25, 0.3) is 0 Å². The highest BCUT2D eigenvalue weighted by atomic mass is 16.6. The number of carbonyl (C=O) groups is 1. The van der Waals surface area contributed by atoms with Crippen LogP contribution < -0.4 is 5.32 Å². The average Bonchev–Trinajstić information content (AvgIpc) is 2.01. The number of hydrogen-bond acceptors (Lipinski definition) is 4. The third kappa shape index (κ3) is 7.08. The van der Waals surface area contributed by atoms with Gasteiger partial charge in [0.15, 0.2) is 0 Å². The number of rotatable bonds is 5.